The van der Waals surface area contributed by atoms with Crippen LogP contribution in [-0.2, 0) is 4.79 Å². The van der Waals surface area contributed by atoms with Crippen molar-refractivity contribution >= 4 is 17.3 Å². The first kappa shape index (κ1) is 18.6. The summed E-state index contributed by atoms with van der Waals surface area (Å²) in [4.78, 5) is 12.0. The Labute approximate surface area is 158 Å². The van der Waals surface area contributed by atoms with Gasteiger partial charge in [0.15, 0.2) is 11.5 Å². The highest BCUT2D eigenvalue weighted by Gasteiger charge is 2.12. The Morgan fingerprint density at radius 1 is 1.11 bits per heavy atom. The van der Waals surface area contributed by atoms with Gasteiger partial charge in [0, 0.05) is 17.7 Å². The second kappa shape index (κ2) is 8.93. The number of anilines is 1. The van der Waals surface area contributed by atoms with E-state index >= 15 is 0 Å². The Morgan fingerprint density at radius 3 is 2.59 bits per heavy atom. The van der Waals surface area contributed by atoms with Crippen LogP contribution < -0.4 is 25.0 Å². The fraction of sp³-hybridized carbons (Fsp3) is 0.300. The molecule has 0 unspecified atom stereocenters. The van der Waals surface area contributed by atoms with E-state index in [9.17, 15) is 4.79 Å². The van der Waals surface area contributed by atoms with Crippen molar-refractivity contribution in [3.63, 3.8) is 0 Å². The zero-order valence-electron chi connectivity index (χ0n) is 15.5. The van der Waals surface area contributed by atoms with Gasteiger partial charge in [-0.25, -0.2) is 5.43 Å². The molecule has 1 heterocycles. The molecule has 0 aromatic heterocycles. The first-order chi connectivity index (χ1) is 13.2. The first-order valence-electron chi connectivity index (χ1n) is 8.77. The highest BCUT2D eigenvalue weighted by Crippen LogP contribution is 2.30. The third-order valence-corrected chi connectivity index (χ3v) is 4.06. The third-order valence-electron chi connectivity index (χ3n) is 4.06. The second-order valence-corrected chi connectivity index (χ2v) is 6.03. The number of amides is 1. The number of hydrogen-bond acceptors (Lipinski definition) is 6. The molecule has 0 fully saturated rings. The summed E-state index contributed by atoms with van der Waals surface area (Å²) in [6.07, 6.45) is 0.855. The molecule has 2 aromatic rings. The maximum absolute atomic E-state index is 12.0. The third kappa shape index (κ3) is 5.13. The van der Waals surface area contributed by atoms with Gasteiger partial charge in [-0.3, -0.25) is 4.79 Å². The Hall–Kier alpha value is -3.22. The van der Waals surface area contributed by atoms with Gasteiger partial charge in [-0.2, -0.15) is 5.10 Å². The van der Waals surface area contributed by atoms with Gasteiger partial charge >= 0.3 is 0 Å². The zero-order chi connectivity index (χ0) is 19.1. The predicted octanol–water partition coefficient (Wildman–Crippen LogP) is 2.81. The molecule has 1 aliphatic rings. The van der Waals surface area contributed by atoms with E-state index < -0.39 is 0 Å². The molecule has 7 nitrogen and oxygen atoms in total. The molecule has 0 aliphatic carbocycles. The molecule has 0 spiro atoms. The van der Waals surface area contributed by atoms with E-state index in [1.54, 1.807) is 7.11 Å². The summed E-state index contributed by atoms with van der Waals surface area (Å²) in [7, 11) is 1.61. The lowest BCUT2D eigenvalue weighted by atomic mass is 10.1. The molecule has 142 valence electrons. The molecule has 7 heteroatoms. The summed E-state index contributed by atoms with van der Waals surface area (Å²) >= 11 is 0. The number of nitrogens with one attached hydrogen (secondary N) is 2. The molecule has 0 saturated carbocycles. The largest absolute Gasteiger partial charge is 0.497 e. The number of methoxy groups -OCH3 is 1. The average Bonchev–Trinajstić information content (AvgIpc) is 2.95. The molecular formula is C20H23N3O4. The van der Waals surface area contributed by atoms with Crippen molar-refractivity contribution in [2.24, 2.45) is 5.10 Å². The van der Waals surface area contributed by atoms with Crippen LogP contribution in [0.2, 0.25) is 0 Å². The normalized spacial score (nSPS) is 13.5. The van der Waals surface area contributed by atoms with Crippen LogP contribution in [0.15, 0.2) is 47.6 Å². The van der Waals surface area contributed by atoms with Gasteiger partial charge in [0.25, 0.3) is 5.91 Å². The SMILES string of the molecule is COc1ccc(NCC(=O)N/N=C(/C)c2ccc3c(c2)OCCCO3)cc1. The quantitative estimate of drug-likeness (QED) is 0.604. The van der Waals surface area contributed by atoms with Crippen molar-refractivity contribution in [2.75, 3.05) is 32.2 Å². The lowest BCUT2D eigenvalue weighted by molar-refractivity contribution is -0.119. The Morgan fingerprint density at radius 2 is 1.85 bits per heavy atom. The number of nitrogens with zero attached hydrogens (tertiary/aromatic N) is 1. The molecule has 1 aliphatic heterocycles. The van der Waals surface area contributed by atoms with E-state index in [0.717, 1.165) is 29.2 Å². The lowest BCUT2D eigenvalue weighted by Crippen LogP contribution is -2.26. The number of rotatable bonds is 6. The summed E-state index contributed by atoms with van der Waals surface area (Å²) < 4.78 is 16.4. The lowest BCUT2D eigenvalue weighted by Gasteiger charge is -2.10. The Balaban J connectivity index is 1.54. The van der Waals surface area contributed by atoms with Gasteiger partial charge in [-0.15, -0.1) is 0 Å². The molecule has 0 bridgehead atoms. The standard InChI is InChI=1S/C20H23N3O4/c1-14(15-4-9-18-19(12-15)27-11-3-10-26-18)22-23-20(24)13-21-16-5-7-17(25-2)8-6-16/h4-9,12,21H,3,10-11,13H2,1-2H3,(H,23,24)/b22-14-. The van der Waals surface area contributed by atoms with Crippen molar-refractivity contribution < 1.29 is 19.0 Å². The molecule has 0 radical (unpaired) electrons. The molecule has 3 rings (SSSR count). The molecule has 2 N–H and O–H groups in total. The molecule has 0 atom stereocenters. The Kier molecular flexibility index (Phi) is 6.14. The smallest absolute Gasteiger partial charge is 0.259 e. The first-order valence-corrected chi connectivity index (χ1v) is 8.77. The summed E-state index contributed by atoms with van der Waals surface area (Å²) in [5, 5.41) is 7.20. The number of hydrogen-bond donors (Lipinski definition) is 2. The number of carbonyl (C=O) groups excluding carboxylic acids is 1. The summed E-state index contributed by atoms with van der Waals surface area (Å²) in [6, 6.07) is 13.0. The van der Waals surface area contributed by atoms with Crippen molar-refractivity contribution in [2.45, 2.75) is 13.3 Å². The van der Waals surface area contributed by atoms with Gasteiger partial charge in [0.2, 0.25) is 0 Å². The van der Waals surface area contributed by atoms with E-state index in [1.165, 1.54) is 0 Å². The van der Waals surface area contributed by atoms with Gasteiger partial charge in [0.1, 0.15) is 5.75 Å². The van der Waals surface area contributed by atoms with Crippen LogP contribution in [0.1, 0.15) is 18.9 Å². The highest BCUT2D eigenvalue weighted by molar-refractivity contribution is 6.00. The van der Waals surface area contributed by atoms with Crippen LogP contribution in [0.3, 0.4) is 0 Å². The monoisotopic (exact) mass is 369 g/mol. The molecular weight excluding hydrogens is 346 g/mol. The van der Waals surface area contributed by atoms with Crippen LogP contribution in [0, 0.1) is 0 Å². The van der Waals surface area contributed by atoms with Crippen molar-refractivity contribution in [1.29, 1.82) is 0 Å². The van der Waals surface area contributed by atoms with Gasteiger partial charge < -0.3 is 19.5 Å². The highest BCUT2D eigenvalue weighted by atomic mass is 16.5. The fourth-order valence-electron chi connectivity index (χ4n) is 2.53. The van der Waals surface area contributed by atoms with E-state index in [0.29, 0.717) is 24.7 Å². The maximum Gasteiger partial charge on any atom is 0.259 e. The average molecular weight is 369 g/mol. The van der Waals surface area contributed by atoms with Crippen LogP contribution in [0.5, 0.6) is 17.2 Å². The number of carbonyl (C=O) groups is 1. The topological polar surface area (TPSA) is 81.2 Å². The van der Waals surface area contributed by atoms with Crippen molar-refractivity contribution in [3.05, 3.63) is 48.0 Å². The molecule has 27 heavy (non-hydrogen) atoms. The fourth-order valence-corrected chi connectivity index (χ4v) is 2.53. The number of ether oxygens (including phenoxy) is 3. The van der Waals surface area contributed by atoms with Gasteiger partial charge in [0.05, 0.1) is 32.6 Å². The number of fused-ring (bicyclic) bond motifs is 1. The van der Waals surface area contributed by atoms with Crippen LogP contribution in [0.4, 0.5) is 5.69 Å². The summed E-state index contributed by atoms with van der Waals surface area (Å²) in [6.45, 7) is 3.22. The van der Waals surface area contributed by atoms with E-state index in [-0.39, 0.29) is 12.5 Å². The second-order valence-electron chi connectivity index (χ2n) is 6.03. The van der Waals surface area contributed by atoms with Crippen LogP contribution in [-0.4, -0.2) is 38.5 Å². The minimum atomic E-state index is -0.237. The number of hydrazone groups is 1. The van der Waals surface area contributed by atoms with Crippen molar-refractivity contribution in [3.8, 4) is 17.2 Å². The van der Waals surface area contributed by atoms with Crippen LogP contribution in [0.25, 0.3) is 0 Å². The molecule has 2 aromatic carbocycles. The van der Waals surface area contributed by atoms with E-state index in [1.807, 2.05) is 49.4 Å². The van der Waals surface area contributed by atoms with Gasteiger partial charge in [-0.05, 0) is 49.4 Å². The minimum Gasteiger partial charge on any atom is -0.497 e. The van der Waals surface area contributed by atoms with Gasteiger partial charge in [-0.1, -0.05) is 0 Å². The molecule has 1 amide bonds. The number of benzene rings is 2. The maximum atomic E-state index is 12.0. The summed E-state index contributed by atoms with van der Waals surface area (Å²) in [5.74, 6) is 1.96. The van der Waals surface area contributed by atoms with Crippen LogP contribution >= 0.6 is 0 Å². The Bertz CT molecular complexity index is 818. The molecule has 0 saturated heterocycles. The minimum absolute atomic E-state index is 0.115. The zero-order valence-corrected chi connectivity index (χ0v) is 15.5. The van der Waals surface area contributed by atoms with Crippen molar-refractivity contribution in [1.82, 2.24) is 5.43 Å². The van der Waals surface area contributed by atoms with E-state index in [4.69, 9.17) is 14.2 Å². The van der Waals surface area contributed by atoms with E-state index in [2.05, 4.69) is 15.8 Å². The summed E-state index contributed by atoms with van der Waals surface area (Å²) in [5.41, 5.74) is 4.93. The predicted molar refractivity (Wildman–Crippen MR) is 104 cm³/mol.